The molecular formula is C20H25NO3. The lowest BCUT2D eigenvalue weighted by Crippen LogP contribution is -2.41. The smallest absolute Gasteiger partial charge is 0.179 e. The van der Waals surface area contributed by atoms with E-state index in [1.807, 2.05) is 25.8 Å². The maximum absolute atomic E-state index is 13.2. The molecule has 128 valence electrons. The number of aryl methyl sites for hydroxylation is 3. The van der Waals surface area contributed by atoms with Crippen molar-refractivity contribution in [2.24, 2.45) is 5.92 Å². The Morgan fingerprint density at radius 2 is 1.71 bits per heavy atom. The van der Waals surface area contributed by atoms with E-state index in [4.69, 9.17) is 4.84 Å². The van der Waals surface area contributed by atoms with E-state index in [0.717, 1.165) is 35.1 Å². The highest BCUT2D eigenvalue weighted by Gasteiger charge is 2.64. The maximum Gasteiger partial charge on any atom is 0.179 e. The number of hydroxylamine groups is 2. The molecule has 0 bridgehead atoms. The Hall–Kier alpha value is -1.52. The van der Waals surface area contributed by atoms with Gasteiger partial charge in [0, 0.05) is 11.6 Å². The summed E-state index contributed by atoms with van der Waals surface area (Å²) in [6, 6.07) is 4.17. The van der Waals surface area contributed by atoms with E-state index in [9.17, 15) is 9.59 Å². The van der Waals surface area contributed by atoms with Crippen molar-refractivity contribution in [3.63, 3.8) is 0 Å². The zero-order chi connectivity index (χ0) is 17.4. The first-order chi connectivity index (χ1) is 11.2. The largest absolute Gasteiger partial charge is 0.298 e. The van der Waals surface area contributed by atoms with Gasteiger partial charge in [-0.25, -0.2) is 0 Å². The van der Waals surface area contributed by atoms with Crippen LogP contribution in [0.2, 0.25) is 0 Å². The number of ketones is 2. The number of nitrogens with zero attached hydrogens (tertiary/aromatic N) is 1. The molecule has 3 fully saturated rings. The van der Waals surface area contributed by atoms with Crippen LogP contribution in [0.25, 0.3) is 0 Å². The first-order valence-corrected chi connectivity index (χ1v) is 8.83. The third kappa shape index (κ3) is 1.99. The van der Waals surface area contributed by atoms with Gasteiger partial charge in [0.2, 0.25) is 0 Å². The maximum atomic E-state index is 13.2. The number of carbonyl (C=O) groups is 2. The van der Waals surface area contributed by atoms with Gasteiger partial charge >= 0.3 is 0 Å². The van der Waals surface area contributed by atoms with Crippen LogP contribution in [0, 0.1) is 26.7 Å². The van der Waals surface area contributed by atoms with Gasteiger partial charge in [-0.1, -0.05) is 17.7 Å². The van der Waals surface area contributed by atoms with Crippen LogP contribution in [-0.2, 0) is 14.4 Å². The number of Topliss-reactive ketones (excluding diaryl/α,β-unsaturated/α-hetero) is 2. The van der Waals surface area contributed by atoms with Crippen LogP contribution in [-0.4, -0.2) is 34.3 Å². The third-order valence-electron chi connectivity index (χ3n) is 6.12. The average Bonchev–Trinajstić information content (AvgIpc) is 3.06. The molecule has 4 nitrogen and oxygen atoms in total. The number of fused-ring (bicyclic) bond motifs is 3. The van der Waals surface area contributed by atoms with Crippen LogP contribution in [0.4, 0.5) is 0 Å². The molecule has 2 saturated heterocycles. The molecule has 0 amide bonds. The van der Waals surface area contributed by atoms with Crippen molar-refractivity contribution >= 4 is 11.6 Å². The predicted molar refractivity (Wildman–Crippen MR) is 90.7 cm³/mol. The van der Waals surface area contributed by atoms with E-state index < -0.39 is 12.0 Å². The summed E-state index contributed by atoms with van der Waals surface area (Å²) in [6.07, 6.45) is 1.33. The molecule has 2 aliphatic heterocycles. The fourth-order valence-corrected chi connectivity index (χ4v) is 5.11. The number of carbonyl (C=O) groups excluding carboxylic acids is 2. The summed E-state index contributed by atoms with van der Waals surface area (Å²) >= 11 is 0. The normalized spacial score (nSPS) is 34.7. The molecule has 1 unspecified atom stereocenters. The zero-order valence-electron chi connectivity index (χ0n) is 15.1. The molecule has 0 radical (unpaired) electrons. The first-order valence-electron chi connectivity index (χ1n) is 8.83. The van der Waals surface area contributed by atoms with E-state index in [0.29, 0.717) is 0 Å². The average molecular weight is 327 g/mol. The molecule has 1 aliphatic carbocycles. The quantitative estimate of drug-likeness (QED) is 0.744. The van der Waals surface area contributed by atoms with E-state index in [-0.39, 0.29) is 29.1 Å². The lowest BCUT2D eigenvalue weighted by molar-refractivity contribution is -0.198. The molecule has 0 spiro atoms. The number of hydrogen-bond donors (Lipinski definition) is 0. The van der Waals surface area contributed by atoms with Gasteiger partial charge in [-0.15, -0.1) is 0 Å². The molecule has 24 heavy (non-hydrogen) atoms. The lowest BCUT2D eigenvalue weighted by atomic mass is 9.85. The molecule has 2 heterocycles. The molecule has 0 N–H and O–H groups in total. The van der Waals surface area contributed by atoms with Crippen molar-refractivity contribution in [3.8, 4) is 0 Å². The van der Waals surface area contributed by atoms with Crippen LogP contribution in [0.1, 0.15) is 54.9 Å². The molecule has 4 atom stereocenters. The molecule has 3 aliphatic rings. The van der Waals surface area contributed by atoms with Gasteiger partial charge in [-0.2, -0.15) is 5.06 Å². The predicted octanol–water partition coefficient (Wildman–Crippen LogP) is 3.02. The van der Waals surface area contributed by atoms with Crippen LogP contribution < -0.4 is 0 Å². The topological polar surface area (TPSA) is 46.6 Å². The van der Waals surface area contributed by atoms with Crippen molar-refractivity contribution in [1.29, 1.82) is 0 Å². The molecule has 1 saturated carbocycles. The summed E-state index contributed by atoms with van der Waals surface area (Å²) in [5, 5.41) is 1.93. The Labute approximate surface area is 143 Å². The summed E-state index contributed by atoms with van der Waals surface area (Å²) in [6.45, 7) is 10.3. The Balaban J connectivity index is 1.74. The van der Waals surface area contributed by atoms with Gasteiger partial charge in [-0.3, -0.25) is 14.4 Å². The number of benzene rings is 1. The van der Waals surface area contributed by atoms with Crippen LogP contribution in [0.5, 0.6) is 0 Å². The van der Waals surface area contributed by atoms with Gasteiger partial charge in [0.1, 0.15) is 12.0 Å². The summed E-state index contributed by atoms with van der Waals surface area (Å²) in [7, 11) is 0. The fourth-order valence-electron chi connectivity index (χ4n) is 5.11. The Bertz CT molecular complexity index is 728. The second kappa shape index (κ2) is 4.99. The summed E-state index contributed by atoms with van der Waals surface area (Å²) in [5.41, 5.74) is 4.02. The second-order valence-corrected chi connectivity index (χ2v) is 8.35. The van der Waals surface area contributed by atoms with E-state index in [1.165, 1.54) is 0 Å². The Morgan fingerprint density at radius 3 is 2.33 bits per heavy atom. The van der Waals surface area contributed by atoms with Gasteiger partial charge < -0.3 is 0 Å². The molecule has 4 heteroatoms. The third-order valence-corrected chi connectivity index (χ3v) is 6.12. The van der Waals surface area contributed by atoms with Gasteiger partial charge in [0.15, 0.2) is 11.6 Å². The highest BCUT2D eigenvalue weighted by molar-refractivity contribution is 6.18. The minimum absolute atomic E-state index is 0.0507. The monoisotopic (exact) mass is 327 g/mol. The van der Waals surface area contributed by atoms with Crippen molar-refractivity contribution in [2.45, 2.75) is 71.1 Å². The van der Waals surface area contributed by atoms with E-state index in [2.05, 4.69) is 26.0 Å². The first kappa shape index (κ1) is 16.0. The Morgan fingerprint density at radius 1 is 1.08 bits per heavy atom. The Kier molecular flexibility index (Phi) is 3.32. The minimum Gasteiger partial charge on any atom is -0.298 e. The van der Waals surface area contributed by atoms with Crippen LogP contribution in [0.3, 0.4) is 0 Å². The van der Waals surface area contributed by atoms with Crippen LogP contribution in [0.15, 0.2) is 12.1 Å². The molecule has 0 aromatic heterocycles. The molecular weight excluding hydrogens is 302 g/mol. The van der Waals surface area contributed by atoms with Crippen molar-refractivity contribution in [1.82, 2.24) is 5.06 Å². The van der Waals surface area contributed by atoms with Crippen molar-refractivity contribution < 1.29 is 14.4 Å². The number of hydrogen-bond acceptors (Lipinski definition) is 4. The highest BCUT2D eigenvalue weighted by atomic mass is 16.7. The summed E-state index contributed by atoms with van der Waals surface area (Å²) < 4.78 is 0. The standard InChI is InChI=1S/C20H25NO3/c1-10-8-11(2)14(12(3)9-10)16-17(22)15-13-6-7-20(4,5)21(13)24-19(15)18(16)23/h8-9,13,15-16,19H,6-7H2,1-5H3/t13-,15+,16?,19+/m0/s1. The van der Waals surface area contributed by atoms with Crippen molar-refractivity contribution in [2.75, 3.05) is 0 Å². The fraction of sp³-hybridized carbons (Fsp3) is 0.600. The minimum atomic E-state index is -0.647. The van der Waals surface area contributed by atoms with E-state index >= 15 is 0 Å². The van der Waals surface area contributed by atoms with Crippen LogP contribution >= 0.6 is 0 Å². The summed E-state index contributed by atoms with van der Waals surface area (Å²) in [4.78, 5) is 32.3. The highest BCUT2D eigenvalue weighted by Crippen LogP contribution is 2.50. The lowest BCUT2D eigenvalue weighted by Gasteiger charge is -2.30. The SMILES string of the molecule is Cc1cc(C)c(C2C(=O)[C@@H]3[C@@H](ON4[C@H]3CCC4(C)C)C2=O)c(C)c1. The zero-order valence-corrected chi connectivity index (χ0v) is 15.1. The number of rotatable bonds is 1. The molecule has 4 rings (SSSR count). The summed E-state index contributed by atoms with van der Waals surface area (Å²) in [5.74, 6) is -0.939. The molecule has 1 aromatic carbocycles. The van der Waals surface area contributed by atoms with Gasteiger partial charge in [-0.05, 0) is 64.2 Å². The van der Waals surface area contributed by atoms with E-state index in [1.54, 1.807) is 0 Å². The van der Waals surface area contributed by atoms with Gasteiger partial charge in [0.05, 0.1) is 5.92 Å². The second-order valence-electron chi connectivity index (χ2n) is 8.35. The van der Waals surface area contributed by atoms with Gasteiger partial charge in [0.25, 0.3) is 0 Å². The molecule has 1 aromatic rings. The van der Waals surface area contributed by atoms with Crippen molar-refractivity contribution in [3.05, 3.63) is 34.4 Å².